The summed E-state index contributed by atoms with van der Waals surface area (Å²) >= 11 is 0. The van der Waals surface area contributed by atoms with E-state index in [9.17, 15) is 9.59 Å². The zero-order valence-corrected chi connectivity index (χ0v) is 16.0. The van der Waals surface area contributed by atoms with Gasteiger partial charge in [0.05, 0.1) is 25.8 Å². The maximum atomic E-state index is 13.0. The Bertz CT molecular complexity index is 1100. The van der Waals surface area contributed by atoms with Crippen molar-refractivity contribution >= 4 is 17.1 Å². The summed E-state index contributed by atoms with van der Waals surface area (Å²) in [5.74, 6) is 0.411. The number of fused-ring (bicyclic) bond motifs is 1. The van der Waals surface area contributed by atoms with Crippen molar-refractivity contribution in [3.8, 4) is 11.8 Å². The van der Waals surface area contributed by atoms with Gasteiger partial charge in [-0.15, -0.1) is 0 Å². The van der Waals surface area contributed by atoms with Gasteiger partial charge in [0.25, 0.3) is 5.91 Å². The average Bonchev–Trinajstić information content (AvgIpc) is 3.30. The van der Waals surface area contributed by atoms with Crippen LogP contribution in [-0.2, 0) is 7.05 Å². The lowest BCUT2D eigenvalue weighted by Gasteiger charge is -2.18. The van der Waals surface area contributed by atoms with Crippen molar-refractivity contribution in [1.82, 2.24) is 24.0 Å². The SMILES string of the molecule is COc1ccc(C(=O)N2CC[C@@H](n3c(=O)n(C)c4cccnc43)C2)c(OC)n1. The first-order valence-corrected chi connectivity index (χ1v) is 8.95. The zero-order valence-electron chi connectivity index (χ0n) is 16.0. The third kappa shape index (κ3) is 2.79. The third-order valence-electron chi connectivity index (χ3n) is 5.13. The fourth-order valence-electron chi connectivity index (χ4n) is 3.68. The summed E-state index contributed by atoms with van der Waals surface area (Å²) in [4.78, 5) is 36.0. The summed E-state index contributed by atoms with van der Waals surface area (Å²) in [6.07, 6.45) is 2.34. The second-order valence-corrected chi connectivity index (χ2v) is 6.66. The van der Waals surface area contributed by atoms with E-state index in [1.165, 1.54) is 14.2 Å². The van der Waals surface area contributed by atoms with Crippen molar-refractivity contribution in [1.29, 1.82) is 0 Å². The molecule has 0 aromatic carbocycles. The molecule has 1 atom stereocenters. The Balaban J connectivity index is 1.63. The van der Waals surface area contributed by atoms with E-state index in [4.69, 9.17) is 9.47 Å². The lowest BCUT2D eigenvalue weighted by molar-refractivity contribution is 0.0783. The number of pyridine rings is 2. The van der Waals surface area contributed by atoms with Crippen molar-refractivity contribution in [3.63, 3.8) is 0 Å². The van der Waals surface area contributed by atoms with Gasteiger partial charge in [-0.05, 0) is 24.6 Å². The number of methoxy groups -OCH3 is 2. The Labute approximate surface area is 161 Å². The number of aromatic nitrogens is 4. The van der Waals surface area contributed by atoms with E-state index in [0.29, 0.717) is 36.6 Å². The van der Waals surface area contributed by atoms with Crippen molar-refractivity contribution in [2.45, 2.75) is 12.5 Å². The molecule has 9 heteroatoms. The molecule has 4 rings (SSSR count). The van der Waals surface area contributed by atoms with Crippen molar-refractivity contribution in [2.75, 3.05) is 27.3 Å². The van der Waals surface area contributed by atoms with Gasteiger partial charge in [-0.25, -0.2) is 9.78 Å². The highest BCUT2D eigenvalue weighted by molar-refractivity contribution is 5.96. The summed E-state index contributed by atoms with van der Waals surface area (Å²) in [6, 6.07) is 6.81. The van der Waals surface area contributed by atoms with Gasteiger partial charge in [-0.2, -0.15) is 4.98 Å². The highest BCUT2D eigenvalue weighted by Crippen LogP contribution is 2.27. The Kier molecular flexibility index (Phi) is 4.50. The molecule has 0 aliphatic carbocycles. The molecule has 1 fully saturated rings. The molecular formula is C19H21N5O4. The van der Waals surface area contributed by atoms with Gasteiger partial charge < -0.3 is 14.4 Å². The minimum absolute atomic E-state index is 0.128. The molecule has 4 heterocycles. The Hall–Kier alpha value is -3.36. The molecule has 9 nitrogen and oxygen atoms in total. The van der Waals surface area contributed by atoms with Gasteiger partial charge in [-0.1, -0.05) is 0 Å². The van der Waals surface area contributed by atoms with E-state index in [-0.39, 0.29) is 23.5 Å². The molecule has 28 heavy (non-hydrogen) atoms. The van der Waals surface area contributed by atoms with E-state index in [2.05, 4.69) is 9.97 Å². The van der Waals surface area contributed by atoms with Gasteiger partial charge >= 0.3 is 5.69 Å². The number of nitrogens with zero attached hydrogens (tertiary/aromatic N) is 5. The van der Waals surface area contributed by atoms with Crippen molar-refractivity contribution in [3.05, 3.63) is 46.5 Å². The number of ether oxygens (including phenoxy) is 2. The number of imidazole rings is 1. The monoisotopic (exact) mass is 383 g/mol. The average molecular weight is 383 g/mol. The number of likely N-dealkylation sites (tertiary alicyclic amines) is 1. The highest BCUT2D eigenvalue weighted by atomic mass is 16.5. The second-order valence-electron chi connectivity index (χ2n) is 6.66. The van der Waals surface area contributed by atoms with Crippen LogP contribution in [0.15, 0.2) is 35.3 Å². The fraction of sp³-hybridized carbons (Fsp3) is 0.368. The lowest BCUT2D eigenvalue weighted by Crippen LogP contribution is -2.32. The molecule has 0 bridgehead atoms. The van der Waals surface area contributed by atoms with E-state index in [0.717, 1.165) is 5.52 Å². The van der Waals surface area contributed by atoms with Crippen LogP contribution in [0.4, 0.5) is 0 Å². The molecule has 146 valence electrons. The first kappa shape index (κ1) is 18.0. The normalized spacial score (nSPS) is 16.5. The fourth-order valence-corrected chi connectivity index (χ4v) is 3.68. The van der Waals surface area contributed by atoms with Crippen LogP contribution < -0.4 is 15.2 Å². The van der Waals surface area contributed by atoms with Crippen molar-refractivity contribution in [2.24, 2.45) is 7.05 Å². The Morgan fingerprint density at radius 2 is 2.04 bits per heavy atom. The van der Waals surface area contributed by atoms with Crippen LogP contribution in [0, 0.1) is 0 Å². The third-order valence-corrected chi connectivity index (χ3v) is 5.13. The summed E-state index contributed by atoms with van der Waals surface area (Å²) in [7, 11) is 4.70. The maximum absolute atomic E-state index is 13.0. The number of carbonyl (C=O) groups is 1. The van der Waals surface area contributed by atoms with Crippen LogP contribution in [0.3, 0.4) is 0 Å². The van der Waals surface area contributed by atoms with Gasteiger partial charge in [0.1, 0.15) is 5.56 Å². The van der Waals surface area contributed by atoms with E-state index < -0.39 is 0 Å². The molecule has 3 aromatic heterocycles. The van der Waals surface area contributed by atoms with Crippen LogP contribution in [0.1, 0.15) is 22.8 Å². The number of aryl methyl sites for hydroxylation is 1. The highest BCUT2D eigenvalue weighted by Gasteiger charge is 2.32. The summed E-state index contributed by atoms with van der Waals surface area (Å²) in [5, 5.41) is 0. The number of amides is 1. The maximum Gasteiger partial charge on any atom is 0.330 e. The number of rotatable bonds is 4. The molecule has 1 aliphatic heterocycles. The van der Waals surface area contributed by atoms with Crippen molar-refractivity contribution < 1.29 is 14.3 Å². The molecule has 0 saturated carbocycles. The lowest BCUT2D eigenvalue weighted by atomic mass is 10.2. The smallest absolute Gasteiger partial charge is 0.330 e. The van der Waals surface area contributed by atoms with E-state index in [1.54, 1.807) is 45.5 Å². The number of hydrogen-bond acceptors (Lipinski definition) is 6. The molecule has 1 aliphatic rings. The Morgan fingerprint density at radius 1 is 1.21 bits per heavy atom. The minimum Gasteiger partial charge on any atom is -0.481 e. The largest absolute Gasteiger partial charge is 0.481 e. The molecule has 0 spiro atoms. The summed E-state index contributed by atoms with van der Waals surface area (Å²) < 4.78 is 13.6. The van der Waals surface area contributed by atoms with Crippen LogP contribution in [0.25, 0.3) is 11.2 Å². The van der Waals surface area contributed by atoms with Gasteiger partial charge in [0, 0.05) is 32.4 Å². The van der Waals surface area contributed by atoms with Gasteiger partial charge in [-0.3, -0.25) is 13.9 Å². The van der Waals surface area contributed by atoms with E-state index in [1.807, 2.05) is 6.07 Å². The quantitative estimate of drug-likeness (QED) is 0.673. The summed E-state index contributed by atoms with van der Waals surface area (Å²) in [6.45, 7) is 0.956. The van der Waals surface area contributed by atoms with Gasteiger partial charge in [0.15, 0.2) is 5.65 Å². The Morgan fingerprint density at radius 3 is 2.79 bits per heavy atom. The van der Waals surface area contributed by atoms with Crippen LogP contribution in [-0.4, -0.2) is 57.2 Å². The number of hydrogen-bond donors (Lipinski definition) is 0. The molecule has 1 amide bonds. The topological polar surface area (TPSA) is 91.5 Å². The predicted octanol–water partition coefficient (Wildman–Crippen LogP) is 1.23. The first-order valence-electron chi connectivity index (χ1n) is 8.95. The number of carbonyl (C=O) groups excluding carboxylic acids is 1. The summed E-state index contributed by atoms with van der Waals surface area (Å²) in [5.41, 5.74) is 1.65. The molecule has 1 saturated heterocycles. The van der Waals surface area contributed by atoms with Crippen LogP contribution in [0.2, 0.25) is 0 Å². The molecular weight excluding hydrogens is 362 g/mol. The zero-order chi connectivity index (χ0) is 19.8. The standard InChI is InChI=1S/C19H21N5O4/c1-22-14-5-4-9-20-16(14)24(19(22)26)12-8-10-23(11-12)18(25)13-6-7-15(27-2)21-17(13)28-3/h4-7,9,12H,8,10-11H2,1-3H3/t12-/m1/s1. The second kappa shape index (κ2) is 6.99. The van der Waals surface area contributed by atoms with E-state index >= 15 is 0 Å². The molecule has 0 radical (unpaired) electrons. The van der Waals surface area contributed by atoms with Crippen LogP contribution in [0.5, 0.6) is 11.8 Å². The van der Waals surface area contributed by atoms with Crippen LogP contribution >= 0.6 is 0 Å². The first-order chi connectivity index (χ1) is 13.5. The minimum atomic E-state index is -0.184. The molecule has 0 N–H and O–H groups in total. The molecule has 0 unspecified atom stereocenters. The van der Waals surface area contributed by atoms with Gasteiger partial charge in [0.2, 0.25) is 11.8 Å². The predicted molar refractivity (Wildman–Crippen MR) is 102 cm³/mol. The molecule has 3 aromatic rings.